The van der Waals surface area contributed by atoms with Gasteiger partial charge in [-0.25, -0.2) is 4.98 Å². The van der Waals surface area contributed by atoms with E-state index < -0.39 is 0 Å². The normalized spacial score (nSPS) is 10.6. The average Bonchev–Trinajstić information content (AvgIpc) is 2.43. The molecule has 4 heteroatoms. The summed E-state index contributed by atoms with van der Waals surface area (Å²) in [6.07, 6.45) is 0. The van der Waals surface area contributed by atoms with E-state index in [-0.39, 0.29) is 0 Å². The van der Waals surface area contributed by atoms with Gasteiger partial charge in [-0.1, -0.05) is 0 Å². The van der Waals surface area contributed by atoms with Crippen LogP contribution >= 0.6 is 0 Å². The van der Waals surface area contributed by atoms with Gasteiger partial charge in [0.2, 0.25) is 0 Å². The molecule has 0 aliphatic carbocycles. The van der Waals surface area contributed by atoms with Crippen LogP contribution in [0.4, 0.5) is 5.69 Å². The lowest BCUT2D eigenvalue weighted by molar-refractivity contribution is 0.419. The molecular formula is C9H10N2O2. The molecule has 0 aliphatic heterocycles. The number of oxazole rings is 1. The van der Waals surface area contributed by atoms with Gasteiger partial charge >= 0.3 is 0 Å². The first kappa shape index (κ1) is 7.91. The van der Waals surface area contributed by atoms with E-state index in [9.17, 15) is 0 Å². The van der Waals surface area contributed by atoms with Crippen molar-refractivity contribution in [3.05, 3.63) is 18.0 Å². The zero-order chi connectivity index (χ0) is 9.42. The maximum atomic E-state index is 5.64. The Bertz CT molecular complexity index is 448. The Balaban J connectivity index is 2.80. The van der Waals surface area contributed by atoms with Gasteiger partial charge in [0, 0.05) is 24.7 Å². The van der Waals surface area contributed by atoms with Crippen molar-refractivity contribution in [3.63, 3.8) is 0 Å². The number of nitrogens with two attached hydrogens (primary N) is 1. The second kappa shape index (κ2) is 2.65. The van der Waals surface area contributed by atoms with E-state index in [0.717, 1.165) is 0 Å². The molecular weight excluding hydrogens is 168 g/mol. The fourth-order valence-electron chi connectivity index (χ4n) is 1.29. The SMILES string of the molecule is COc1cc(N)cc2oc(C)nc12. The molecule has 4 nitrogen and oxygen atoms in total. The number of anilines is 1. The van der Waals surface area contributed by atoms with Crippen molar-refractivity contribution in [2.45, 2.75) is 6.92 Å². The quantitative estimate of drug-likeness (QED) is 0.675. The van der Waals surface area contributed by atoms with Gasteiger partial charge in [-0.05, 0) is 0 Å². The number of ether oxygens (including phenoxy) is 1. The fraction of sp³-hybridized carbons (Fsp3) is 0.222. The van der Waals surface area contributed by atoms with Gasteiger partial charge in [0.25, 0.3) is 0 Å². The fourth-order valence-corrected chi connectivity index (χ4v) is 1.29. The Kier molecular flexibility index (Phi) is 1.62. The summed E-state index contributed by atoms with van der Waals surface area (Å²) in [4.78, 5) is 4.18. The van der Waals surface area contributed by atoms with E-state index in [1.54, 1.807) is 26.2 Å². The highest BCUT2D eigenvalue weighted by Gasteiger charge is 2.08. The van der Waals surface area contributed by atoms with E-state index in [2.05, 4.69) is 4.98 Å². The predicted octanol–water partition coefficient (Wildman–Crippen LogP) is 1.73. The Morgan fingerprint density at radius 3 is 2.92 bits per heavy atom. The summed E-state index contributed by atoms with van der Waals surface area (Å²) in [7, 11) is 1.58. The number of fused-ring (bicyclic) bond motifs is 1. The van der Waals surface area contributed by atoms with Crippen LogP contribution in [0.15, 0.2) is 16.5 Å². The number of hydrogen-bond acceptors (Lipinski definition) is 4. The number of nitrogens with zero attached hydrogens (tertiary/aromatic N) is 1. The minimum absolute atomic E-state index is 0.610. The minimum Gasteiger partial charge on any atom is -0.494 e. The lowest BCUT2D eigenvalue weighted by Crippen LogP contribution is -1.88. The first-order chi connectivity index (χ1) is 6.20. The number of methoxy groups -OCH3 is 1. The summed E-state index contributed by atoms with van der Waals surface area (Å²) in [5.74, 6) is 1.26. The third kappa shape index (κ3) is 1.20. The van der Waals surface area contributed by atoms with E-state index in [1.807, 2.05) is 0 Å². The molecule has 0 unspecified atom stereocenters. The third-order valence-corrected chi connectivity index (χ3v) is 1.81. The number of benzene rings is 1. The number of nitrogen functional groups attached to an aromatic ring is 1. The molecule has 0 aliphatic rings. The monoisotopic (exact) mass is 178 g/mol. The molecule has 68 valence electrons. The lowest BCUT2D eigenvalue weighted by atomic mass is 10.2. The molecule has 0 radical (unpaired) electrons. The van der Waals surface area contributed by atoms with Crippen LogP contribution in [-0.4, -0.2) is 12.1 Å². The molecule has 0 spiro atoms. The zero-order valence-electron chi connectivity index (χ0n) is 7.50. The lowest BCUT2D eigenvalue weighted by Gasteiger charge is -2.00. The average molecular weight is 178 g/mol. The van der Waals surface area contributed by atoms with Crippen molar-refractivity contribution in [2.75, 3.05) is 12.8 Å². The summed E-state index contributed by atoms with van der Waals surface area (Å²) in [6, 6.07) is 3.46. The van der Waals surface area contributed by atoms with Crippen LogP contribution in [-0.2, 0) is 0 Å². The van der Waals surface area contributed by atoms with Crippen molar-refractivity contribution in [1.29, 1.82) is 0 Å². The topological polar surface area (TPSA) is 61.3 Å². The number of rotatable bonds is 1. The van der Waals surface area contributed by atoms with Crippen LogP contribution < -0.4 is 10.5 Å². The molecule has 13 heavy (non-hydrogen) atoms. The maximum Gasteiger partial charge on any atom is 0.192 e. The first-order valence-corrected chi connectivity index (χ1v) is 3.91. The molecule has 0 amide bonds. The van der Waals surface area contributed by atoms with Gasteiger partial charge in [0.05, 0.1) is 7.11 Å². The number of aryl methyl sites for hydroxylation is 1. The maximum absolute atomic E-state index is 5.64. The van der Waals surface area contributed by atoms with Crippen LogP contribution in [0, 0.1) is 6.92 Å². The smallest absolute Gasteiger partial charge is 0.192 e. The molecule has 1 heterocycles. The highest BCUT2D eigenvalue weighted by atomic mass is 16.5. The van der Waals surface area contributed by atoms with Crippen LogP contribution in [0.1, 0.15) is 5.89 Å². The summed E-state index contributed by atoms with van der Waals surface area (Å²) in [5, 5.41) is 0. The molecule has 2 N–H and O–H groups in total. The Hall–Kier alpha value is -1.71. The summed E-state index contributed by atoms with van der Waals surface area (Å²) in [5.41, 5.74) is 7.63. The van der Waals surface area contributed by atoms with Gasteiger partial charge in [0.15, 0.2) is 22.7 Å². The summed E-state index contributed by atoms with van der Waals surface area (Å²) < 4.78 is 10.4. The number of aromatic nitrogens is 1. The first-order valence-electron chi connectivity index (χ1n) is 3.91. The van der Waals surface area contributed by atoms with Crippen molar-refractivity contribution in [2.24, 2.45) is 0 Å². The predicted molar refractivity (Wildman–Crippen MR) is 49.7 cm³/mol. The largest absolute Gasteiger partial charge is 0.494 e. The third-order valence-electron chi connectivity index (χ3n) is 1.81. The highest BCUT2D eigenvalue weighted by molar-refractivity contribution is 5.83. The molecule has 0 saturated heterocycles. The van der Waals surface area contributed by atoms with Gasteiger partial charge in [-0.15, -0.1) is 0 Å². The van der Waals surface area contributed by atoms with Crippen molar-refractivity contribution < 1.29 is 9.15 Å². The molecule has 2 rings (SSSR count). The molecule has 0 atom stereocenters. The molecule has 0 saturated carbocycles. The molecule has 0 fully saturated rings. The van der Waals surface area contributed by atoms with Crippen molar-refractivity contribution in [3.8, 4) is 5.75 Å². The second-order valence-corrected chi connectivity index (χ2v) is 2.80. The Morgan fingerprint density at radius 1 is 1.46 bits per heavy atom. The van der Waals surface area contributed by atoms with Crippen LogP contribution in [0.25, 0.3) is 11.1 Å². The van der Waals surface area contributed by atoms with E-state index in [1.165, 1.54) is 0 Å². The molecule has 1 aromatic heterocycles. The highest BCUT2D eigenvalue weighted by Crippen LogP contribution is 2.28. The van der Waals surface area contributed by atoms with Gasteiger partial charge in [-0.2, -0.15) is 0 Å². The Morgan fingerprint density at radius 2 is 2.23 bits per heavy atom. The standard InChI is InChI=1S/C9H10N2O2/c1-5-11-9-7(12-2)3-6(10)4-8(9)13-5/h3-4H,10H2,1-2H3. The van der Waals surface area contributed by atoms with Gasteiger partial charge in [-0.3, -0.25) is 0 Å². The van der Waals surface area contributed by atoms with Crippen LogP contribution in [0.3, 0.4) is 0 Å². The molecule has 2 aromatic rings. The minimum atomic E-state index is 0.610. The van der Waals surface area contributed by atoms with E-state index >= 15 is 0 Å². The number of hydrogen-bond donors (Lipinski definition) is 1. The molecule has 0 bridgehead atoms. The van der Waals surface area contributed by atoms with Crippen molar-refractivity contribution in [1.82, 2.24) is 4.98 Å². The zero-order valence-corrected chi connectivity index (χ0v) is 7.50. The van der Waals surface area contributed by atoms with Gasteiger partial charge in [0.1, 0.15) is 0 Å². The van der Waals surface area contributed by atoms with Crippen LogP contribution in [0.2, 0.25) is 0 Å². The van der Waals surface area contributed by atoms with Crippen molar-refractivity contribution >= 4 is 16.8 Å². The second-order valence-electron chi connectivity index (χ2n) is 2.80. The Labute approximate surface area is 75.3 Å². The molecule has 1 aromatic carbocycles. The van der Waals surface area contributed by atoms with E-state index in [4.69, 9.17) is 14.9 Å². The van der Waals surface area contributed by atoms with Crippen LogP contribution in [0.5, 0.6) is 5.75 Å². The summed E-state index contributed by atoms with van der Waals surface area (Å²) >= 11 is 0. The van der Waals surface area contributed by atoms with Gasteiger partial charge < -0.3 is 14.9 Å². The van der Waals surface area contributed by atoms with E-state index in [0.29, 0.717) is 28.4 Å². The summed E-state index contributed by atoms with van der Waals surface area (Å²) in [6.45, 7) is 1.79.